The van der Waals surface area contributed by atoms with E-state index in [4.69, 9.17) is 5.11 Å². The second-order valence-electron chi connectivity index (χ2n) is 0.555. The molecule has 0 aromatic rings. The molecular weight excluding hydrogens is 260 g/mol. The quantitative estimate of drug-likeness (QED) is 0.622. The first-order chi connectivity index (χ1) is 2.27. The van der Waals surface area contributed by atoms with E-state index in [9.17, 15) is 4.79 Å². The molecule has 0 spiro atoms. The van der Waals surface area contributed by atoms with Gasteiger partial charge in [0.25, 0.3) is 0 Å². The Morgan fingerprint density at radius 2 is 1.62 bits per heavy atom. The third-order valence-electron chi connectivity index (χ3n) is 0.214. The molecule has 0 heterocycles. The van der Waals surface area contributed by atoms with E-state index in [1.165, 1.54) is 7.05 Å². The van der Waals surface area contributed by atoms with Gasteiger partial charge in [-0.3, -0.25) is 0 Å². The minimum atomic E-state index is -0.995. The van der Waals surface area contributed by atoms with Crippen LogP contribution in [0.5, 0.6) is 0 Å². The summed E-state index contributed by atoms with van der Waals surface area (Å²) >= 11 is 0. The molecule has 8 heavy (non-hydrogen) atoms. The molecule has 0 saturated heterocycles. The molecule has 0 aromatic carbocycles. The average molecular weight is 268 g/mol. The zero-order valence-electron chi connectivity index (χ0n) is 5.01. The maximum Gasteiger partial charge on any atom is 0.404 e. The molecule has 1 amide bonds. The summed E-state index contributed by atoms with van der Waals surface area (Å²) in [6.07, 6.45) is -0.995. The van der Waals surface area contributed by atoms with E-state index in [0.29, 0.717) is 0 Å². The van der Waals surface area contributed by atoms with Gasteiger partial charge in [-0.2, -0.15) is 0 Å². The first kappa shape index (κ1) is 22.7. The van der Waals surface area contributed by atoms with Crippen LogP contribution in [0.2, 0.25) is 0 Å². The Hall–Kier alpha value is 1.48. The largest absolute Gasteiger partial charge is 0.465 e. The molecule has 0 rings (SSSR count). The van der Waals surface area contributed by atoms with E-state index in [1.54, 1.807) is 0 Å². The molecule has 2 N–H and O–H groups in total. The van der Waals surface area contributed by atoms with Crippen molar-refractivity contribution >= 4 is 6.09 Å². The smallest absolute Gasteiger partial charge is 0.404 e. The number of rotatable bonds is 0. The fourth-order valence-electron chi connectivity index (χ4n) is 0. The van der Waals surface area contributed by atoms with Gasteiger partial charge in [0.1, 0.15) is 0 Å². The van der Waals surface area contributed by atoms with E-state index in [2.05, 4.69) is 0 Å². The minimum absolute atomic E-state index is 0. The molecule has 0 aliphatic rings. The van der Waals surface area contributed by atoms with Gasteiger partial charge in [-0.15, -0.1) is 0 Å². The molecule has 2 radical (unpaired) electrons. The van der Waals surface area contributed by atoms with Crippen LogP contribution in [0.25, 0.3) is 0 Å². The van der Waals surface area contributed by atoms with Gasteiger partial charge in [-0.05, 0) is 0 Å². The Kier molecular flexibility index (Phi) is 44.8. The van der Waals surface area contributed by atoms with Gasteiger partial charge in [0, 0.05) is 72.5 Å². The molecular formula is C3H8NO2Y2-. The first-order valence-electron chi connectivity index (χ1n) is 1.18. The van der Waals surface area contributed by atoms with Gasteiger partial charge in [0.05, 0.1) is 0 Å². The maximum absolute atomic E-state index is 9.26. The molecule has 44 valence electrons. The molecule has 0 aliphatic heterocycles. The summed E-state index contributed by atoms with van der Waals surface area (Å²) in [6.45, 7) is 0. The van der Waals surface area contributed by atoms with E-state index in [1.807, 2.05) is 5.32 Å². The number of hydrogen-bond donors (Lipinski definition) is 2. The van der Waals surface area contributed by atoms with E-state index >= 15 is 0 Å². The van der Waals surface area contributed by atoms with Crippen LogP contribution in [-0.4, -0.2) is 18.2 Å². The van der Waals surface area contributed by atoms with Crippen LogP contribution in [-0.2, 0) is 65.4 Å². The van der Waals surface area contributed by atoms with Gasteiger partial charge in [-0.1, -0.05) is 0 Å². The van der Waals surface area contributed by atoms with Crippen molar-refractivity contribution < 1.29 is 75.3 Å². The minimum Gasteiger partial charge on any atom is -0.465 e. The molecule has 0 fully saturated rings. The number of nitrogens with one attached hydrogen (secondary N) is 1. The second kappa shape index (κ2) is 15.8. The molecule has 0 unspecified atom stereocenters. The normalized spacial score (nSPS) is 4.12. The maximum atomic E-state index is 9.26. The topological polar surface area (TPSA) is 49.3 Å². The Balaban J connectivity index is -0.0000000267. The Bertz CT molecular complexity index is 50.5. The van der Waals surface area contributed by atoms with Gasteiger partial charge in [0.15, 0.2) is 0 Å². The van der Waals surface area contributed by atoms with Crippen molar-refractivity contribution in [3.05, 3.63) is 7.43 Å². The second-order valence-corrected chi connectivity index (χ2v) is 0.555. The Morgan fingerprint density at radius 1 is 1.50 bits per heavy atom. The monoisotopic (exact) mass is 268 g/mol. The Labute approximate surface area is 99.7 Å². The van der Waals surface area contributed by atoms with Gasteiger partial charge in [-0.25, -0.2) is 4.79 Å². The van der Waals surface area contributed by atoms with Gasteiger partial charge >= 0.3 is 6.09 Å². The summed E-state index contributed by atoms with van der Waals surface area (Å²) in [7, 11) is 1.35. The van der Waals surface area contributed by atoms with Crippen molar-refractivity contribution in [3.8, 4) is 0 Å². The van der Waals surface area contributed by atoms with Crippen LogP contribution < -0.4 is 5.32 Å². The molecule has 0 aliphatic carbocycles. The average Bonchev–Trinajstić information content (AvgIpc) is 1.38. The van der Waals surface area contributed by atoms with Crippen molar-refractivity contribution in [3.63, 3.8) is 0 Å². The molecule has 3 nitrogen and oxygen atoms in total. The SMILES string of the molecule is CNC(=O)O.[CH3-].[Y].[Y]. The summed E-state index contributed by atoms with van der Waals surface area (Å²) in [6, 6.07) is 0. The van der Waals surface area contributed by atoms with E-state index < -0.39 is 6.09 Å². The molecule has 0 saturated carbocycles. The van der Waals surface area contributed by atoms with Crippen molar-refractivity contribution in [2.75, 3.05) is 7.05 Å². The number of carbonyl (C=O) groups is 1. The zero-order chi connectivity index (χ0) is 4.28. The van der Waals surface area contributed by atoms with E-state index in [-0.39, 0.29) is 72.8 Å². The van der Waals surface area contributed by atoms with Crippen LogP contribution >= 0.6 is 0 Å². The molecule has 0 aromatic heterocycles. The fourth-order valence-corrected chi connectivity index (χ4v) is 0. The summed E-state index contributed by atoms with van der Waals surface area (Å²) in [4.78, 5) is 9.26. The van der Waals surface area contributed by atoms with Crippen molar-refractivity contribution in [1.29, 1.82) is 0 Å². The van der Waals surface area contributed by atoms with Crippen molar-refractivity contribution in [2.45, 2.75) is 0 Å². The standard InChI is InChI=1S/C2H5NO2.CH3.2Y/c1-3-2(4)5;;;/h3H,1H3,(H,4,5);1H3;;/q;-1;;. The van der Waals surface area contributed by atoms with Crippen molar-refractivity contribution in [1.82, 2.24) is 5.32 Å². The zero-order valence-corrected chi connectivity index (χ0v) is 10.7. The number of hydrogen-bond acceptors (Lipinski definition) is 1. The summed E-state index contributed by atoms with van der Waals surface area (Å²) in [5.41, 5.74) is 0. The predicted molar refractivity (Wildman–Crippen MR) is 23.5 cm³/mol. The summed E-state index contributed by atoms with van der Waals surface area (Å²) in [5, 5.41) is 9.56. The molecule has 0 bridgehead atoms. The predicted octanol–water partition coefficient (Wildman–Crippen LogP) is 0.329. The van der Waals surface area contributed by atoms with Crippen LogP contribution in [0.15, 0.2) is 0 Å². The third-order valence-corrected chi connectivity index (χ3v) is 0.214. The van der Waals surface area contributed by atoms with Gasteiger partial charge < -0.3 is 17.8 Å². The molecule has 0 atom stereocenters. The van der Waals surface area contributed by atoms with Crippen molar-refractivity contribution in [2.24, 2.45) is 0 Å². The van der Waals surface area contributed by atoms with E-state index in [0.717, 1.165) is 0 Å². The van der Waals surface area contributed by atoms with Crippen LogP contribution in [0.3, 0.4) is 0 Å². The summed E-state index contributed by atoms with van der Waals surface area (Å²) < 4.78 is 0. The fraction of sp³-hybridized carbons (Fsp3) is 0.333. The molecule has 5 heteroatoms. The van der Waals surface area contributed by atoms with Crippen LogP contribution in [0.1, 0.15) is 0 Å². The first-order valence-corrected chi connectivity index (χ1v) is 1.18. The number of amides is 1. The summed E-state index contributed by atoms with van der Waals surface area (Å²) in [5.74, 6) is 0. The van der Waals surface area contributed by atoms with Crippen LogP contribution in [0, 0.1) is 7.43 Å². The van der Waals surface area contributed by atoms with Crippen LogP contribution in [0.4, 0.5) is 4.79 Å². The van der Waals surface area contributed by atoms with Gasteiger partial charge in [0.2, 0.25) is 0 Å². The number of carboxylic acid groups (broad SMARTS) is 1. The third kappa shape index (κ3) is 25.9. The Morgan fingerprint density at radius 3 is 1.62 bits per heavy atom.